The molecule has 0 aliphatic carbocycles. The van der Waals surface area contributed by atoms with Crippen LogP contribution in [0.1, 0.15) is 5.56 Å². The van der Waals surface area contributed by atoms with Crippen molar-refractivity contribution in [2.24, 2.45) is 0 Å². The zero-order valence-electron chi connectivity index (χ0n) is 7.29. The number of fused-ring (bicyclic) bond motifs is 1. The van der Waals surface area contributed by atoms with Gasteiger partial charge >= 0.3 is 0 Å². The van der Waals surface area contributed by atoms with Crippen LogP contribution in [0.2, 0.25) is 0 Å². The van der Waals surface area contributed by atoms with Gasteiger partial charge in [-0.15, -0.1) is 0 Å². The first kappa shape index (κ1) is 7.62. The van der Waals surface area contributed by atoms with Gasteiger partial charge in [-0.3, -0.25) is 0 Å². The second-order valence-corrected chi connectivity index (χ2v) is 3.11. The Balaban J connectivity index is 2.39. The van der Waals surface area contributed by atoms with E-state index >= 15 is 0 Å². The Hall–Kier alpha value is -1.02. The van der Waals surface area contributed by atoms with Gasteiger partial charge in [0.15, 0.2) is 0 Å². The van der Waals surface area contributed by atoms with Crippen molar-refractivity contribution in [3.8, 4) is 0 Å². The summed E-state index contributed by atoms with van der Waals surface area (Å²) >= 11 is 0. The fraction of sp³-hybridized carbons (Fsp3) is 0.400. The van der Waals surface area contributed by atoms with Crippen molar-refractivity contribution in [1.82, 2.24) is 0 Å². The number of para-hydroxylation sites is 1. The topological polar surface area (TPSA) is 12.5 Å². The van der Waals surface area contributed by atoms with Crippen LogP contribution in [-0.2, 0) is 11.2 Å². The van der Waals surface area contributed by atoms with Crippen LogP contribution in [0.3, 0.4) is 0 Å². The lowest BCUT2D eigenvalue weighted by molar-refractivity contribution is 0.145. The molecule has 0 atom stereocenters. The van der Waals surface area contributed by atoms with Gasteiger partial charge in [-0.1, -0.05) is 18.2 Å². The van der Waals surface area contributed by atoms with Gasteiger partial charge < -0.3 is 9.64 Å². The number of hydrogen-bond acceptors (Lipinski definition) is 2. The Labute approximate surface area is 72.8 Å². The number of nitrogens with zero attached hydrogens (tertiary/aromatic N) is 1. The molecule has 0 N–H and O–H groups in total. The van der Waals surface area contributed by atoms with Gasteiger partial charge in [0.2, 0.25) is 0 Å². The molecule has 0 spiro atoms. The summed E-state index contributed by atoms with van der Waals surface area (Å²) in [6, 6.07) is 8.46. The van der Waals surface area contributed by atoms with Crippen LogP contribution in [0.5, 0.6) is 0 Å². The smallest absolute Gasteiger partial charge is 0.118 e. The first-order chi connectivity index (χ1) is 5.88. The molecule has 0 unspecified atom stereocenters. The summed E-state index contributed by atoms with van der Waals surface area (Å²) in [7, 11) is 2.06. The summed E-state index contributed by atoms with van der Waals surface area (Å²) in [6.45, 7) is 1.54. The highest BCUT2D eigenvalue weighted by atomic mass is 16.5. The van der Waals surface area contributed by atoms with Crippen molar-refractivity contribution in [1.29, 1.82) is 0 Å². The Morgan fingerprint density at radius 2 is 2.17 bits per heavy atom. The highest BCUT2D eigenvalue weighted by Gasteiger charge is 2.09. The third-order valence-electron chi connectivity index (χ3n) is 2.20. The third kappa shape index (κ3) is 1.30. The molecule has 1 aromatic carbocycles. The third-order valence-corrected chi connectivity index (χ3v) is 2.20. The summed E-state index contributed by atoms with van der Waals surface area (Å²) < 4.78 is 5.42. The van der Waals surface area contributed by atoms with E-state index in [0.29, 0.717) is 6.73 Å². The molecule has 2 heteroatoms. The maximum Gasteiger partial charge on any atom is 0.118 e. The highest BCUT2D eigenvalue weighted by Crippen LogP contribution is 2.21. The average molecular weight is 163 g/mol. The quantitative estimate of drug-likeness (QED) is 0.576. The molecule has 64 valence electrons. The molecule has 1 aliphatic heterocycles. The summed E-state index contributed by atoms with van der Waals surface area (Å²) in [5.74, 6) is 0. The molecular formula is C10H13NO. The predicted octanol–water partition coefficient (Wildman–Crippen LogP) is 1.65. The zero-order chi connectivity index (χ0) is 8.39. The lowest BCUT2D eigenvalue weighted by Crippen LogP contribution is -2.19. The van der Waals surface area contributed by atoms with Crippen LogP contribution in [-0.4, -0.2) is 20.4 Å². The first-order valence-electron chi connectivity index (χ1n) is 4.25. The van der Waals surface area contributed by atoms with Gasteiger partial charge in [-0.2, -0.15) is 0 Å². The summed E-state index contributed by atoms with van der Waals surface area (Å²) in [5.41, 5.74) is 2.69. The standard InChI is InChI=1S/C10H13NO/c1-11-8-12-7-6-9-4-2-3-5-10(9)11/h2-5H,6-8H2,1H3. The Kier molecular flexibility index (Phi) is 2.00. The number of benzene rings is 1. The van der Waals surface area contributed by atoms with Crippen molar-refractivity contribution < 1.29 is 4.74 Å². The molecule has 0 aromatic heterocycles. The minimum atomic E-state index is 0.705. The Bertz CT molecular complexity index is 272. The van der Waals surface area contributed by atoms with Gasteiger partial charge in [0.1, 0.15) is 6.73 Å². The summed E-state index contributed by atoms with van der Waals surface area (Å²) in [4.78, 5) is 2.14. The lowest BCUT2D eigenvalue weighted by Gasteiger charge is -2.17. The molecule has 1 aliphatic rings. The van der Waals surface area contributed by atoms with Crippen molar-refractivity contribution in [2.45, 2.75) is 6.42 Å². The van der Waals surface area contributed by atoms with E-state index in [9.17, 15) is 0 Å². The van der Waals surface area contributed by atoms with Gasteiger partial charge in [0, 0.05) is 12.7 Å². The Morgan fingerprint density at radius 1 is 1.33 bits per heavy atom. The highest BCUT2D eigenvalue weighted by molar-refractivity contribution is 5.53. The zero-order valence-corrected chi connectivity index (χ0v) is 7.29. The predicted molar refractivity (Wildman–Crippen MR) is 49.4 cm³/mol. The lowest BCUT2D eigenvalue weighted by atomic mass is 10.1. The SMILES string of the molecule is CN1COCCc2ccccc21. The molecule has 0 bridgehead atoms. The average Bonchev–Trinajstić information content (AvgIpc) is 2.29. The van der Waals surface area contributed by atoms with Crippen molar-refractivity contribution in [3.63, 3.8) is 0 Å². The second-order valence-electron chi connectivity index (χ2n) is 3.11. The molecule has 0 saturated carbocycles. The fourth-order valence-electron chi connectivity index (χ4n) is 1.55. The maximum absolute atomic E-state index is 5.42. The van der Waals surface area contributed by atoms with Gasteiger partial charge in [-0.05, 0) is 18.1 Å². The van der Waals surface area contributed by atoms with E-state index in [1.165, 1.54) is 11.3 Å². The van der Waals surface area contributed by atoms with Crippen LogP contribution < -0.4 is 4.90 Å². The number of hydrogen-bond donors (Lipinski definition) is 0. The molecular weight excluding hydrogens is 150 g/mol. The van der Waals surface area contributed by atoms with E-state index in [1.807, 2.05) is 0 Å². The molecule has 12 heavy (non-hydrogen) atoms. The van der Waals surface area contributed by atoms with E-state index in [2.05, 4.69) is 36.2 Å². The number of ether oxygens (including phenoxy) is 1. The molecule has 2 nitrogen and oxygen atoms in total. The summed E-state index contributed by atoms with van der Waals surface area (Å²) in [6.07, 6.45) is 1.03. The van der Waals surface area contributed by atoms with Gasteiger partial charge in [-0.25, -0.2) is 0 Å². The van der Waals surface area contributed by atoms with E-state index in [-0.39, 0.29) is 0 Å². The summed E-state index contributed by atoms with van der Waals surface area (Å²) in [5, 5.41) is 0. The van der Waals surface area contributed by atoms with Crippen molar-refractivity contribution >= 4 is 5.69 Å². The number of rotatable bonds is 0. The first-order valence-corrected chi connectivity index (χ1v) is 4.25. The van der Waals surface area contributed by atoms with Crippen LogP contribution in [0.25, 0.3) is 0 Å². The molecule has 0 radical (unpaired) electrons. The van der Waals surface area contributed by atoms with E-state index in [4.69, 9.17) is 4.74 Å². The van der Waals surface area contributed by atoms with E-state index < -0.39 is 0 Å². The maximum atomic E-state index is 5.42. The van der Waals surface area contributed by atoms with Crippen LogP contribution in [0, 0.1) is 0 Å². The van der Waals surface area contributed by atoms with Crippen LogP contribution in [0.15, 0.2) is 24.3 Å². The van der Waals surface area contributed by atoms with Crippen molar-refractivity contribution in [2.75, 3.05) is 25.3 Å². The number of anilines is 1. The Morgan fingerprint density at radius 3 is 3.08 bits per heavy atom. The van der Waals surface area contributed by atoms with Crippen LogP contribution in [0.4, 0.5) is 5.69 Å². The molecule has 1 heterocycles. The molecule has 0 fully saturated rings. The monoisotopic (exact) mass is 163 g/mol. The normalized spacial score (nSPS) is 16.9. The van der Waals surface area contributed by atoms with E-state index in [1.54, 1.807) is 0 Å². The van der Waals surface area contributed by atoms with Crippen LogP contribution >= 0.6 is 0 Å². The van der Waals surface area contributed by atoms with E-state index in [0.717, 1.165) is 13.0 Å². The van der Waals surface area contributed by atoms with Gasteiger partial charge in [0.05, 0.1) is 6.61 Å². The minimum Gasteiger partial charge on any atom is -0.361 e. The molecule has 1 aromatic rings. The van der Waals surface area contributed by atoms with Gasteiger partial charge in [0.25, 0.3) is 0 Å². The second kappa shape index (κ2) is 3.15. The molecule has 0 amide bonds. The molecule has 0 saturated heterocycles. The largest absolute Gasteiger partial charge is 0.361 e. The van der Waals surface area contributed by atoms with Crippen molar-refractivity contribution in [3.05, 3.63) is 29.8 Å². The molecule has 2 rings (SSSR count). The minimum absolute atomic E-state index is 0.705. The fourth-order valence-corrected chi connectivity index (χ4v) is 1.55.